The highest BCUT2D eigenvalue weighted by Gasteiger charge is 2.25. The predicted octanol–water partition coefficient (Wildman–Crippen LogP) is 2.36. The molecule has 1 unspecified atom stereocenters. The third-order valence-electron chi connectivity index (χ3n) is 2.35. The molecule has 4 nitrogen and oxygen atoms in total. The van der Waals surface area contributed by atoms with Crippen LogP contribution in [0.3, 0.4) is 0 Å². The summed E-state index contributed by atoms with van der Waals surface area (Å²) in [6.07, 6.45) is 3.28. The Kier molecular flexibility index (Phi) is 12.4. The van der Waals surface area contributed by atoms with Crippen LogP contribution in [0.15, 0.2) is 0 Å². The summed E-state index contributed by atoms with van der Waals surface area (Å²) in [7, 11) is -1.35. The number of rotatable bonds is 3. The summed E-state index contributed by atoms with van der Waals surface area (Å²) in [5, 5.41) is 0. The molecule has 0 saturated carbocycles. The zero-order chi connectivity index (χ0) is 13.9. The minimum Gasteiger partial charge on any atom is -0.384 e. The molecule has 0 amide bonds. The van der Waals surface area contributed by atoms with Gasteiger partial charge >= 0.3 is 0 Å². The maximum atomic E-state index is 11.2. The number of piperidine rings is 1. The van der Waals surface area contributed by atoms with E-state index < -0.39 is 10.0 Å². The molecule has 1 aliphatic heterocycles. The van der Waals surface area contributed by atoms with Gasteiger partial charge < -0.3 is 4.74 Å². The fourth-order valence-electron chi connectivity index (χ4n) is 1.70. The van der Waals surface area contributed by atoms with Crippen molar-refractivity contribution >= 4 is 10.0 Å². The lowest BCUT2D eigenvalue weighted by molar-refractivity contribution is 0.118. The van der Waals surface area contributed by atoms with Crippen molar-refractivity contribution in [3.8, 4) is 0 Å². The Balaban J connectivity index is 0. The van der Waals surface area contributed by atoms with Crippen molar-refractivity contribution in [1.29, 1.82) is 0 Å². The number of ether oxygens (including phenoxy) is 1. The third kappa shape index (κ3) is 8.57. The van der Waals surface area contributed by atoms with Crippen LogP contribution in [0.25, 0.3) is 0 Å². The van der Waals surface area contributed by atoms with Gasteiger partial charge in [-0.15, -0.1) is 0 Å². The van der Waals surface area contributed by atoms with Crippen LogP contribution in [-0.4, -0.2) is 45.8 Å². The molecule has 5 heteroatoms. The van der Waals surface area contributed by atoms with Crippen LogP contribution < -0.4 is 0 Å². The molecular weight excluding hydrogens is 238 g/mol. The van der Waals surface area contributed by atoms with Crippen molar-refractivity contribution in [3.05, 3.63) is 0 Å². The zero-order valence-corrected chi connectivity index (χ0v) is 13.0. The van der Waals surface area contributed by atoms with Crippen LogP contribution in [-0.2, 0) is 14.8 Å². The van der Waals surface area contributed by atoms with Gasteiger partial charge in [-0.05, 0) is 18.8 Å². The molecule has 1 atom stereocenters. The van der Waals surface area contributed by atoms with E-state index in [0.717, 1.165) is 12.8 Å². The second-order valence-electron chi connectivity index (χ2n) is 3.58. The molecule has 0 aliphatic carbocycles. The standard InChI is InChI=1S/C8H17NO3S.2C2H6/c1-12-7-8-4-3-5-9(6-8)13(2,10)11;2*1-2/h8H,3-7H2,1-2H3;2*1-2H3. The van der Waals surface area contributed by atoms with Gasteiger partial charge in [-0.1, -0.05) is 27.7 Å². The van der Waals surface area contributed by atoms with Crippen molar-refractivity contribution in [1.82, 2.24) is 4.31 Å². The van der Waals surface area contributed by atoms with Crippen LogP contribution in [0, 0.1) is 5.92 Å². The largest absolute Gasteiger partial charge is 0.384 e. The van der Waals surface area contributed by atoms with Crippen LogP contribution in [0.2, 0.25) is 0 Å². The molecule has 1 rings (SSSR count). The lowest BCUT2D eigenvalue weighted by atomic mass is 10.0. The predicted molar refractivity (Wildman–Crippen MR) is 73.7 cm³/mol. The molecule has 1 aliphatic rings. The van der Waals surface area contributed by atoms with Crippen molar-refractivity contribution in [2.45, 2.75) is 40.5 Å². The number of hydrogen-bond donors (Lipinski definition) is 0. The molecule has 1 saturated heterocycles. The number of sulfonamides is 1. The quantitative estimate of drug-likeness (QED) is 0.788. The van der Waals surface area contributed by atoms with Gasteiger partial charge in [0, 0.05) is 20.2 Å². The minimum atomic E-state index is -3.00. The van der Waals surface area contributed by atoms with E-state index in [2.05, 4.69) is 0 Å². The van der Waals surface area contributed by atoms with E-state index in [1.165, 1.54) is 6.26 Å². The first-order valence-electron chi connectivity index (χ1n) is 6.48. The summed E-state index contributed by atoms with van der Waals surface area (Å²) in [4.78, 5) is 0. The monoisotopic (exact) mass is 267 g/mol. The van der Waals surface area contributed by atoms with Gasteiger partial charge in [0.05, 0.1) is 12.9 Å². The zero-order valence-electron chi connectivity index (χ0n) is 12.2. The van der Waals surface area contributed by atoms with Gasteiger partial charge in [-0.3, -0.25) is 0 Å². The molecule has 106 valence electrons. The summed E-state index contributed by atoms with van der Waals surface area (Å²) < 4.78 is 29.0. The average molecular weight is 267 g/mol. The Morgan fingerprint density at radius 2 is 1.76 bits per heavy atom. The molecule has 0 spiro atoms. The van der Waals surface area contributed by atoms with Crippen molar-refractivity contribution in [3.63, 3.8) is 0 Å². The van der Waals surface area contributed by atoms with Gasteiger partial charge in [-0.25, -0.2) is 12.7 Å². The molecular formula is C12H29NO3S. The first kappa shape index (κ1) is 19.2. The Morgan fingerprint density at radius 3 is 2.18 bits per heavy atom. The van der Waals surface area contributed by atoms with Crippen LogP contribution >= 0.6 is 0 Å². The highest BCUT2D eigenvalue weighted by Crippen LogP contribution is 2.18. The lowest BCUT2D eigenvalue weighted by Gasteiger charge is -2.30. The van der Waals surface area contributed by atoms with Crippen LogP contribution in [0.1, 0.15) is 40.5 Å². The second kappa shape index (κ2) is 11.0. The second-order valence-corrected chi connectivity index (χ2v) is 5.57. The normalized spacial score (nSPS) is 20.7. The minimum absolute atomic E-state index is 0.369. The topological polar surface area (TPSA) is 46.6 Å². The summed E-state index contributed by atoms with van der Waals surface area (Å²) in [6, 6.07) is 0. The van der Waals surface area contributed by atoms with Crippen molar-refractivity contribution in [2.24, 2.45) is 5.92 Å². The van der Waals surface area contributed by atoms with E-state index in [4.69, 9.17) is 4.74 Å². The molecule has 1 fully saturated rings. The fraction of sp³-hybridized carbons (Fsp3) is 1.00. The van der Waals surface area contributed by atoms with E-state index in [0.29, 0.717) is 25.6 Å². The summed E-state index contributed by atoms with van der Waals surface area (Å²) in [5.74, 6) is 0.369. The molecule has 0 radical (unpaired) electrons. The Hall–Kier alpha value is -0.130. The van der Waals surface area contributed by atoms with Crippen molar-refractivity contribution < 1.29 is 13.2 Å². The SMILES string of the molecule is CC.CC.COCC1CCCN(S(C)(=O)=O)C1. The van der Waals surface area contributed by atoms with Crippen LogP contribution in [0.4, 0.5) is 0 Å². The Morgan fingerprint density at radius 1 is 1.24 bits per heavy atom. The Labute approximate surface area is 107 Å². The van der Waals surface area contributed by atoms with E-state index in [-0.39, 0.29) is 0 Å². The van der Waals surface area contributed by atoms with Gasteiger partial charge in [-0.2, -0.15) is 0 Å². The lowest BCUT2D eigenvalue weighted by Crippen LogP contribution is -2.40. The Bertz CT molecular complexity index is 250. The fourth-order valence-corrected chi connectivity index (χ4v) is 2.64. The highest BCUT2D eigenvalue weighted by molar-refractivity contribution is 7.88. The van der Waals surface area contributed by atoms with Crippen LogP contribution in [0.5, 0.6) is 0 Å². The first-order chi connectivity index (χ1) is 8.04. The molecule has 17 heavy (non-hydrogen) atoms. The maximum absolute atomic E-state index is 11.2. The highest BCUT2D eigenvalue weighted by atomic mass is 32.2. The summed E-state index contributed by atoms with van der Waals surface area (Å²) in [5.41, 5.74) is 0. The van der Waals surface area contributed by atoms with E-state index >= 15 is 0 Å². The number of hydrogen-bond acceptors (Lipinski definition) is 3. The van der Waals surface area contributed by atoms with Gasteiger partial charge in [0.1, 0.15) is 0 Å². The number of nitrogens with zero attached hydrogens (tertiary/aromatic N) is 1. The third-order valence-corrected chi connectivity index (χ3v) is 3.62. The van der Waals surface area contributed by atoms with Gasteiger partial charge in [0.2, 0.25) is 10.0 Å². The summed E-state index contributed by atoms with van der Waals surface area (Å²) >= 11 is 0. The smallest absolute Gasteiger partial charge is 0.211 e. The van der Waals surface area contributed by atoms with Gasteiger partial charge in [0.25, 0.3) is 0 Å². The molecule has 0 aromatic heterocycles. The van der Waals surface area contributed by atoms with E-state index in [9.17, 15) is 8.42 Å². The maximum Gasteiger partial charge on any atom is 0.211 e. The van der Waals surface area contributed by atoms with Crippen molar-refractivity contribution in [2.75, 3.05) is 33.1 Å². The first-order valence-corrected chi connectivity index (χ1v) is 8.33. The molecule has 0 aromatic carbocycles. The average Bonchev–Trinajstić information content (AvgIpc) is 2.34. The van der Waals surface area contributed by atoms with E-state index in [1.807, 2.05) is 27.7 Å². The summed E-state index contributed by atoms with van der Waals surface area (Å²) in [6.45, 7) is 9.94. The van der Waals surface area contributed by atoms with E-state index in [1.54, 1.807) is 11.4 Å². The van der Waals surface area contributed by atoms with Gasteiger partial charge in [0.15, 0.2) is 0 Å². The molecule has 0 N–H and O–H groups in total. The molecule has 1 heterocycles. The number of methoxy groups -OCH3 is 1. The molecule has 0 bridgehead atoms. The molecule has 0 aromatic rings.